The largest absolute Gasteiger partial charge is 0.480 e. The molecular formula is C12H19N6O7P. The Bertz CT molecular complexity index is 835. The molecule has 0 aliphatic carbocycles. The second-order valence-corrected chi connectivity index (χ2v) is 7.03. The van der Waals surface area contributed by atoms with Crippen molar-refractivity contribution in [1.82, 2.24) is 19.5 Å². The predicted molar refractivity (Wildman–Crippen MR) is 89.3 cm³/mol. The van der Waals surface area contributed by atoms with Gasteiger partial charge in [-0.1, -0.05) is 0 Å². The molecule has 0 saturated carbocycles. The number of nitrogen functional groups attached to an aromatic ring is 1. The van der Waals surface area contributed by atoms with E-state index in [0.29, 0.717) is 0 Å². The van der Waals surface area contributed by atoms with Crippen molar-refractivity contribution in [3.63, 3.8) is 0 Å². The van der Waals surface area contributed by atoms with E-state index in [4.69, 9.17) is 25.4 Å². The summed E-state index contributed by atoms with van der Waals surface area (Å²) in [5, 5.41) is 21.3. The number of hydrogen-bond acceptors (Lipinski definition) is 9. The molecule has 0 aliphatic rings. The van der Waals surface area contributed by atoms with Crippen LogP contribution in [-0.4, -0.2) is 70.6 Å². The van der Waals surface area contributed by atoms with Gasteiger partial charge in [0.25, 0.3) is 0 Å². The molecule has 0 fully saturated rings. The van der Waals surface area contributed by atoms with Crippen LogP contribution in [0.5, 0.6) is 0 Å². The zero-order valence-electron chi connectivity index (χ0n) is 13.7. The van der Waals surface area contributed by atoms with E-state index in [2.05, 4.69) is 20.3 Å². The van der Waals surface area contributed by atoms with E-state index in [1.54, 1.807) is 0 Å². The molecule has 14 heteroatoms. The van der Waals surface area contributed by atoms with E-state index in [0.717, 1.165) is 0 Å². The third-order valence-corrected chi connectivity index (χ3v) is 3.78. The van der Waals surface area contributed by atoms with Gasteiger partial charge in [-0.15, -0.1) is 0 Å². The Kier molecular flexibility index (Phi) is 6.10. The van der Waals surface area contributed by atoms with Crippen LogP contribution in [0.15, 0.2) is 6.33 Å². The van der Waals surface area contributed by atoms with Crippen LogP contribution in [0.2, 0.25) is 0 Å². The number of imidazole rings is 1. The number of aliphatic hydroxyl groups is 1. The van der Waals surface area contributed by atoms with Crippen LogP contribution < -0.4 is 11.1 Å². The Hall–Kier alpha value is -2.31. The number of nitrogens with one attached hydrogen (secondary N) is 1. The quantitative estimate of drug-likeness (QED) is 0.221. The van der Waals surface area contributed by atoms with Crippen molar-refractivity contribution in [3.8, 4) is 0 Å². The minimum Gasteiger partial charge on any atom is -0.480 e. The first kappa shape index (κ1) is 20.0. The minimum absolute atomic E-state index is 0.0192. The molecule has 2 aromatic rings. The van der Waals surface area contributed by atoms with Gasteiger partial charge in [0.2, 0.25) is 5.95 Å². The van der Waals surface area contributed by atoms with Gasteiger partial charge in [0, 0.05) is 6.54 Å². The summed E-state index contributed by atoms with van der Waals surface area (Å²) in [6.45, 7) is 1.46. The number of hydrogen-bond donors (Lipinski definition) is 6. The van der Waals surface area contributed by atoms with Crippen LogP contribution in [-0.2, 0) is 20.6 Å². The third-order valence-electron chi connectivity index (χ3n) is 3.26. The van der Waals surface area contributed by atoms with Crippen LogP contribution in [0.4, 0.5) is 11.8 Å². The van der Waals surface area contributed by atoms with Crippen molar-refractivity contribution >= 4 is 36.5 Å². The Balaban J connectivity index is 2.22. The number of aliphatic carboxylic acids is 1. The van der Waals surface area contributed by atoms with Gasteiger partial charge in [-0.2, -0.15) is 9.97 Å². The Labute approximate surface area is 147 Å². The van der Waals surface area contributed by atoms with Gasteiger partial charge >= 0.3 is 13.6 Å². The predicted octanol–water partition coefficient (Wildman–Crippen LogP) is -1.19. The summed E-state index contributed by atoms with van der Waals surface area (Å²) in [5.74, 6) is -1.39. The number of nitrogens with two attached hydrogens (primary N) is 1. The molecule has 0 aliphatic heterocycles. The molecule has 2 rings (SSSR count). The summed E-state index contributed by atoms with van der Waals surface area (Å²) in [6, 6.07) is -1.33. The summed E-state index contributed by atoms with van der Waals surface area (Å²) in [6.07, 6.45) is -0.539. The summed E-state index contributed by atoms with van der Waals surface area (Å²) < 4.78 is 17.1. The zero-order chi connectivity index (χ0) is 19.5. The number of aromatic nitrogens is 4. The maximum Gasteiger partial charge on any atom is 0.350 e. The van der Waals surface area contributed by atoms with Gasteiger partial charge in [0.15, 0.2) is 23.0 Å². The van der Waals surface area contributed by atoms with Gasteiger partial charge in [-0.05, 0) is 6.92 Å². The molecular weight excluding hydrogens is 371 g/mol. The molecule has 0 radical (unpaired) electrons. The van der Waals surface area contributed by atoms with Crippen molar-refractivity contribution < 1.29 is 34.1 Å². The van der Waals surface area contributed by atoms with Crippen molar-refractivity contribution in [2.75, 3.05) is 24.0 Å². The smallest absolute Gasteiger partial charge is 0.350 e. The van der Waals surface area contributed by atoms with Crippen LogP contribution in [0.3, 0.4) is 0 Å². The zero-order valence-corrected chi connectivity index (χ0v) is 14.6. The number of carboxylic acid groups (broad SMARTS) is 1. The molecule has 0 spiro atoms. The van der Waals surface area contributed by atoms with Crippen molar-refractivity contribution in [2.45, 2.75) is 25.6 Å². The van der Waals surface area contributed by atoms with Gasteiger partial charge in [0.1, 0.15) is 6.35 Å². The number of nitrogens with zero attached hydrogens (tertiary/aromatic N) is 4. The van der Waals surface area contributed by atoms with E-state index in [1.165, 1.54) is 17.8 Å². The lowest BCUT2D eigenvalue weighted by Gasteiger charge is -2.17. The maximum atomic E-state index is 11.2. The number of ether oxygens (including phenoxy) is 1. The van der Waals surface area contributed by atoms with Gasteiger partial charge in [-0.25, -0.2) is 9.78 Å². The number of anilines is 2. The molecule has 13 nitrogen and oxygen atoms in total. The standard InChI is InChI=1S/C12H19N6O7P/c1-6(19)7(11(20)21)15-9-8-10(17-12(13)16-9)18(4-14-8)2-3-25-5-26(22,23)24/h4,6-7,19H,2-3,5H2,1H3,(H,20,21)(H2,22,23,24)(H3,13,15,16,17)/t6-,7-/m0/s1. The van der Waals surface area contributed by atoms with Crippen LogP contribution >= 0.6 is 7.60 Å². The van der Waals surface area contributed by atoms with Crippen LogP contribution in [0, 0.1) is 0 Å². The lowest BCUT2D eigenvalue weighted by atomic mass is 10.2. The van der Waals surface area contributed by atoms with Gasteiger partial charge in [0.05, 0.1) is 19.0 Å². The first-order chi connectivity index (χ1) is 12.1. The van der Waals surface area contributed by atoms with Gasteiger partial charge < -0.3 is 40.4 Å². The summed E-state index contributed by atoms with van der Waals surface area (Å²) in [7, 11) is -4.25. The number of carbonyl (C=O) groups is 1. The Morgan fingerprint density at radius 3 is 2.73 bits per heavy atom. The summed E-state index contributed by atoms with van der Waals surface area (Å²) in [4.78, 5) is 40.8. The van der Waals surface area contributed by atoms with Crippen LogP contribution in [0.25, 0.3) is 11.2 Å². The molecule has 2 atom stereocenters. The Morgan fingerprint density at radius 1 is 1.46 bits per heavy atom. The lowest BCUT2D eigenvalue weighted by Crippen LogP contribution is -2.39. The number of carboxylic acids is 1. The number of aliphatic hydroxyl groups excluding tert-OH is 1. The second-order valence-electron chi connectivity index (χ2n) is 5.44. The number of rotatable bonds is 9. The molecule has 0 saturated heterocycles. The van der Waals surface area contributed by atoms with E-state index in [1.807, 2.05) is 0 Å². The number of fused-ring (bicyclic) bond motifs is 1. The van der Waals surface area contributed by atoms with Crippen molar-refractivity contribution in [1.29, 1.82) is 0 Å². The highest BCUT2D eigenvalue weighted by Crippen LogP contribution is 2.33. The molecule has 7 N–H and O–H groups in total. The molecule has 0 bridgehead atoms. The fourth-order valence-corrected chi connectivity index (χ4v) is 2.47. The van der Waals surface area contributed by atoms with Crippen LogP contribution in [0.1, 0.15) is 6.92 Å². The monoisotopic (exact) mass is 390 g/mol. The normalized spacial score (nSPS) is 14.3. The second kappa shape index (κ2) is 7.93. The van der Waals surface area contributed by atoms with E-state index in [-0.39, 0.29) is 36.1 Å². The highest BCUT2D eigenvalue weighted by atomic mass is 31.2. The van der Waals surface area contributed by atoms with Gasteiger partial charge in [-0.3, -0.25) is 4.57 Å². The lowest BCUT2D eigenvalue weighted by molar-refractivity contribution is -0.140. The van der Waals surface area contributed by atoms with E-state index in [9.17, 15) is 14.5 Å². The molecule has 26 heavy (non-hydrogen) atoms. The first-order valence-corrected chi connectivity index (χ1v) is 9.16. The highest BCUT2D eigenvalue weighted by molar-refractivity contribution is 7.51. The first-order valence-electron chi connectivity index (χ1n) is 7.36. The third kappa shape index (κ3) is 5.09. The van der Waals surface area contributed by atoms with Crippen molar-refractivity contribution in [3.05, 3.63) is 6.33 Å². The molecule has 0 amide bonds. The average Bonchev–Trinajstić information content (AvgIpc) is 2.90. The molecule has 0 unspecified atom stereocenters. The maximum absolute atomic E-state index is 11.2. The SMILES string of the molecule is C[C@H](O)[C@H](Nc1nc(N)nc2c1ncn2CCOCP(=O)(O)O)C(=O)O. The average molecular weight is 390 g/mol. The van der Waals surface area contributed by atoms with E-state index < -0.39 is 32.1 Å². The fraction of sp³-hybridized carbons (Fsp3) is 0.500. The van der Waals surface area contributed by atoms with E-state index >= 15 is 0 Å². The summed E-state index contributed by atoms with van der Waals surface area (Å²) in [5.41, 5.74) is 6.14. The highest BCUT2D eigenvalue weighted by Gasteiger charge is 2.25. The molecule has 2 heterocycles. The topological polar surface area (TPSA) is 206 Å². The molecule has 144 valence electrons. The summed E-state index contributed by atoms with van der Waals surface area (Å²) >= 11 is 0. The van der Waals surface area contributed by atoms with Crippen molar-refractivity contribution in [2.24, 2.45) is 0 Å². The molecule has 2 aromatic heterocycles. The fourth-order valence-electron chi connectivity index (χ4n) is 2.11. The minimum atomic E-state index is -4.25. The Morgan fingerprint density at radius 2 is 2.15 bits per heavy atom. The molecule has 0 aromatic carbocycles.